The first-order chi connectivity index (χ1) is 17.1. The summed E-state index contributed by atoms with van der Waals surface area (Å²) in [5, 5.41) is 0. The van der Waals surface area contributed by atoms with Crippen LogP contribution in [0, 0.1) is 11.6 Å². The van der Waals surface area contributed by atoms with E-state index < -0.39 is 23.3 Å². The zero-order chi connectivity index (χ0) is 26.0. The van der Waals surface area contributed by atoms with E-state index in [4.69, 9.17) is 4.74 Å². The fourth-order valence-corrected chi connectivity index (χ4v) is 5.73. The molecule has 0 saturated heterocycles. The molecular weight excluding hydrogens is 466 g/mol. The Morgan fingerprint density at radius 1 is 1.08 bits per heavy atom. The molecule has 0 spiro atoms. The summed E-state index contributed by atoms with van der Waals surface area (Å²) in [4.78, 5) is 1.92. The standard InChI is InChI=1S/C30H37F4NO/c1-19-14-24-23-12-8-7-11-21(23)15-25(24)29(35(19)18-30(3,4)34)28-26(32)16-22(17-27(28)33)36-20(2)10-6-5-9-13-31/h7-8,11-12,16-17,19-20,29H,5-6,9-10,13-15,18H2,1-4H3/t19-,20?,29+/m1/s1. The fourth-order valence-electron chi connectivity index (χ4n) is 5.73. The molecule has 2 aromatic carbocycles. The summed E-state index contributed by atoms with van der Waals surface area (Å²) >= 11 is 0. The Morgan fingerprint density at radius 3 is 2.44 bits per heavy atom. The number of halogens is 4. The zero-order valence-electron chi connectivity index (χ0n) is 21.7. The van der Waals surface area contributed by atoms with Gasteiger partial charge in [0.05, 0.1) is 18.8 Å². The molecule has 0 N–H and O–H groups in total. The summed E-state index contributed by atoms with van der Waals surface area (Å²) in [5.74, 6) is -1.23. The predicted molar refractivity (Wildman–Crippen MR) is 137 cm³/mol. The molecule has 0 bridgehead atoms. The van der Waals surface area contributed by atoms with Crippen LogP contribution in [0.5, 0.6) is 5.75 Å². The van der Waals surface area contributed by atoms with Gasteiger partial charge in [-0.1, -0.05) is 30.7 Å². The Hall–Kier alpha value is -2.34. The molecule has 4 rings (SSSR count). The third kappa shape index (κ3) is 5.80. The van der Waals surface area contributed by atoms with Gasteiger partial charge in [-0.05, 0) is 82.1 Å². The van der Waals surface area contributed by atoms with E-state index in [1.54, 1.807) is 0 Å². The number of unbranched alkanes of at least 4 members (excludes halogenated alkanes) is 2. The number of alkyl halides is 2. The molecule has 1 unspecified atom stereocenters. The molecule has 0 fully saturated rings. The molecule has 1 aliphatic heterocycles. The van der Waals surface area contributed by atoms with Crippen LogP contribution in [0.25, 0.3) is 5.57 Å². The first kappa shape index (κ1) is 26.7. The third-order valence-electron chi connectivity index (χ3n) is 7.30. The maximum absolute atomic E-state index is 15.7. The highest BCUT2D eigenvalue weighted by Gasteiger charge is 2.43. The van der Waals surface area contributed by atoms with E-state index in [9.17, 15) is 8.78 Å². The number of nitrogens with zero attached hydrogens (tertiary/aromatic N) is 1. The van der Waals surface area contributed by atoms with Crippen LogP contribution in [0.4, 0.5) is 17.6 Å². The minimum Gasteiger partial charge on any atom is -0.491 e. The van der Waals surface area contributed by atoms with E-state index >= 15 is 8.78 Å². The van der Waals surface area contributed by atoms with Gasteiger partial charge in [0.1, 0.15) is 23.1 Å². The van der Waals surface area contributed by atoms with Crippen molar-refractivity contribution in [3.8, 4) is 5.75 Å². The van der Waals surface area contributed by atoms with Gasteiger partial charge in [0.15, 0.2) is 0 Å². The smallest absolute Gasteiger partial charge is 0.134 e. The lowest BCUT2D eigenvalue weighted by Crippen LogP contribution is -2.47. The maximum Gasteiger partial charge on any atom is 0.134 e. The number of benzene rings is 2. The van der Waals surface area contributed by atoms with Gasteiger partial charge in [-0.3, -0.25) is 9.29 Å². The molecule has 2 aliphatic rings. The van der Waals surface area contributed by atoms with Crippen LogP contribution >= 0.6 is 0 Å². The van der Waals surface area contributed by atoms with E-state index in [1.165, 1.54) is 26.0 Å². The minimum absolute atomic E-state index is 0.0472. The number of hydrogen-bond donors (Lipinski definition) is 0. The monoisotopic (exact) mass is 503 g/mol. The fraction of sp³-hybridized carbons (Fsp3) is 0.533. The summed E-state index contributed by atoms with van der Waals surface area (Å²) in [5.41, 5.74) is 2.77. The first-order valence-corrected chi connectivity index (χ1v) is 13.1. The third-order valence-corrected chi connectivity index (χ3v) is 7.30. The summed E-state index contributed by atoms with van der Waals surface area (Å²) in [6, 6.07) is 9.79. The van der Waals surface area contributed by atoms with Crippen molar-refractivity contribution in [2.45, 2.75) is 90.1 Å². The van der Waals surface area contributed by atoms with Crippen molar-refractivity contribution in [2.24, 2.45) is 0 Å². The molecule has 1 aliphatic carbocycles. The number of fused-ring (bicyclic) bond motifs is 2. The molecule has 6 heteroatoms. The Bertz CT molecular complexity index is 1080. The summed E-state index contributed by atoms with van der Waals surface area (Å²) in [7, 11) is 0. The van der Waals surface area contributed by atoms with E-state index in [1.807, 2.05) is 30.9 Å². The largest absolute Gasteiger partial charge is 0.491 e. The molecule has 196 valence electrons. The van der Waals surface area contributed by atoms with Crippen molar-refractivity contribution in [2.75, 3.05) is 13.2 Å². The van der Waals surface area contributed by atoms with Crippen molar-refractivity contribution < 1.29 is 22.3 Å². The van der Waals surface area contributed by atoms with Gasteiger partial charge >= 0.3 is 0 Å². The van der Waals surface area contributed by atoms with Crippen LogP contribution in [0.3, 0.4) is 0 Å². The number of ether oxygens (including phenoxy) is 1. The molecule has 0 amide bonds. The van der Waals surface area contributed by atoms with Gasteiger partial charge in [0.25, 0.3) is 0 Å². The lowest BCUT2D eigenvalue weighted by atomic mass is 9.84. The average Bonchev–Trinajstić information content (AvgIpc) is 3.15. The van der Waals surface area contributed by atoms with Crippen LogP contribution < -0.4 is 4.74 Å². The quantitative estimate of drug-likeness (QED) is 0.240. The summed E-state index contributed by atoms with van der Waals surface area (Å²) in [6.45, 7) is 6.58. The topological polar surface area (TPSA) is 12.5 Å². The lowest BCUT2D eigenvalue weighted by molar-refractivity contribution is 0.0676. The van der Waals surface area contributed by atoms with Gasteiger partial charge in [0.2, 0.25) is 0 Å². The second-order valence-corrected chi connectivity index (χ2v) is 11.0. The molecule has 0 radical (unpaired) electrons. The summed E-state index contributed by atoms with van der Waals surface area (Å²) < 4.78 is 64.4. The Balaban J connectivity index is 1.68. The summed E-state index contributed by atoms with van der Waals surface area (Å²) in [6.07, 6.45) is 3.80. The normalized spacial score (nSPS) is 20.9. The van der Waals surface area contributed by atoms with Crippen LogP contribution in [0.15, 0.2) is 42.0 Å². The molecule has 0 saturated carbocycles. The number of hydrogen-bond acceptors (Lipinski definition) is 2. The van der Waals surface area contributed by atoms with Crippen molar-refractivity contribution >= 4 is 5.57 Å². The van der Waals surface area contributed by atoms with E-state index in [-0.39, 0.29) is 36.7 Å². The van der Waals surface area contributed by atoms with Crippen molar-refractivity contribution in [3.05, 3.63) is 70.3 Å². The van der Waals surface area contributed by atoms with Gasteiger partial charge < -0.3 is 4.74 Å². The maximum atomic E-state index is 15.7. The molecule has 1 heterocycles. The first-order valence-electron chi connectivity index (χ1n) is 13.1. The SMILES string of the molecule is CC(CCCCCF)Oc1cc(F)c([C@@H]2C3=C(C[C@@H](C)N2CC(C)(C)F)c2ccccc2C3)c(F)c1. The molecule has 2 aromatic rings. The van der Waals surface area contributed by atoms with E-state index in [0.717, 1.165) is 35.1 Å². The van der Waals surface area contributed by atoms with Crippen LogP contribution in [0.2, 0.25) is 0 Å². The van der Waals surface area contributed by atoms with Crippen LogP contribution in [0.1, 0.15) is 82.5 Å². The Labute approximate surface area is 212 Å². The van der Waals surface area contributed by atoms with E-state index in [0.29, 0.717) is 25.7 Å². The second kappa shape index (κ2) is 11.0. The average molecular weight is 504 g/mol. The zero-order valence-corrected chi connectivity index (χ0v) is 21.7. The predicted octanol–water partition coefficient (Wildman–Crippen LogP) is 8.16. The van der Waals surface area contributed by atoms with Crippen molar-refractivity contribution in [1.82, 2.24) is 4.90 Å². The highest BCUT2D eigenvalue weighted by Crippen LogP contribution is 2.50. The van der Waals surface area contributed by atoms with Crippen LogP contribution in [-0.2, 0) is 6.42 Å². The van der Waals surface area contributed by atoms with E-state index in [2.05, 4.69) is 12.1 Å². The van der Waals surface area contributed by atoms with Gasteiger partial charge in [-0.2, -0.15) is 0 Å². The molecule has 0 aromatic heterocycles. The molecule has 36 heavy (non-hydrogen) atoms. The second-order valence-electron chi connectivity index (χ2n) is 11.0. The highest BCUT2D eigenvalue weighted by atomic mass is 19.1. The van der Waals surface area contributed by atoms with Crippen LogP contribution in [-0.4, -0.2) is 35.9 Å². The van der Waals surface area contributed by atoms with Gasteiger partial charge in [0, 0.05) is 30.3 Å². The molecule has 2 nitrogen and oxygen atoms in total. The lowest BCUT2D eigenvalue weighted by Gasteiger charge is -2.44. The van der Waals surface area contributed by atoms with Crippen molar-refractivity contribution in [3.63, 3.8) is 0 Å². The minimum atomic E-state index is -1.52. The Morgan fingerprint density at radius 2 is 1.78 bits per heavy atom. The molecule has 3 atom stereocenters. The van der Waals surface area contributed by atoms with Crippen molar-refractivity contribution in [1.29, 1.82) is 0 Å². The van der Waals surface area contributed by atoms with Gasteiger partial charge in [-0.25, -0.2) is 13.2 Å². The molecular formula is C30H37F4NO. The van der Waals surface area contributed by atoms with Gasteiger partial charge in [-0.15, -0.1) is 0 Å². The highest BCUT2D eigenvalue weighted by molar-refractivity contribution is 5.79. The Kier molecular flexibility index (Phi) is 8.13. The number of rotatable bonds is 10.